The van der Waals surface area contributed by atoms with E-state index >= 15 is 0 Å². The van der Waals surface area contributed by atoms with Crippen molar-refractivity contribution in [1.29, 1.82) is 0 Å². The number of aliphatic hydroxyl groups is 1. The quantitative estimate of drug-likeness (QED) is 0.713. The summed E-state index contributed by atoms with van der Waals surface area (Å²) in [5.41, 5.74) is -0.240. The van der Waals surface area contributed by atoms with Crippen LogP contribution in [0.25, 0.3) is 0 Å². The van der Waals surface area contributed by atoms with Crippen molar-refractivity contribution in [3.8, 4) is 0 Å². The number of rotatable bonds is 8. The first-order valence-corrected chi connectivity index (χ1v) is 7.64. The lowest BCUT2D eigenvalue weighted by Crippen LogP contribution is -2.40. The summed E-state index contributed by atoms with van der Waals surface area (Å²) in [6.45, 7) is 5.00. The van der Waals surface area contributed by atoms with Crippen molar-refractivity contribution < 1.29 is 14.6 Å². The number of hydrogen-bond acceptors (Lipinski definition) is 3. The van der Waals surface area contributed by atoms with Crippen molar-refractivity contribution in [2.75, 3.05) is 19.8 Å². The highest BCUT2D eigenvalue weighted by molar-refractivity contribution is 9.10. The molecule has 1 unspecified atom stereocenters. The van der Waals surface area contributed by atoms with Gasteiger partial charge in [0.05, 0.1) is 13.2 Å². The molecule has 0 aliphatic rings. The minimum Gasteiger partial charge on any atom is -0.383 e. The van der Waals surface area contributed by atoms with Gasteiger partial charge < -0.3 is 15.2 Å². The van der Waals surface area contributed by atoms with Crippen molar-refractivity contribution in [2.24, 2.45) is 0 Å². The molecule has 0 radical (unpaired) electrons. The number of hydrogen-bond donors (Lipinski definition) is 2. The summed E-state index contributed by atoms with van der Waals surface area (Å²) in [4.78, 5) is 11.7. The van der Waals surface area contributed by atoms with Crippen LogP contribution < -0.4 is 5.32 Å². The molecule has 0 saturated heterocycles. The lowest BCUT2D eigenvalue weighted by Gasteiger charge is -2.27. The van der Waals surface area contributed by atoms with Gasteiger partial charge in [-0.3, -0.25) is 4.79 Å². The third kappa shape index (κ3) is 5.23. The highest BCUT2D eigenvalue weighted by Crippen LogP contribution is 2.25. The van der Waals surface area contributed by atoms with Gasteiger partial charge in [0.2, 0.25) is 5.91 Å². The summed E-state index contributed by atoms with van der Waals surface area (Å²) in [5.74, 6) is -0.109. The van der Waals surface area contributed by atoms with Gasteiger partial charge >= 0.3 is 0 Å². The Bertz CT molecular complexity index is 422. The first kappa shape index (κ1) is 17.1. The smallest absolute Gasteiger partial charge is 0.222 e. The Balaban J connectivity index is 2.57. The Morgan fingerprint density at radius 2 is 2.00 bits per heavy atom. The molecule has 0 fully saturated rings. The minimum atomic E-state index is -1.04. The molecule has 0 aliphatic heterocycles. The molecule has 1 amide bonds. The summed E-state index contributed by atoms with van der Waals surface area (Å²) < 4.78 is 6.09. The number of nitrogens with one attached hydrogen (secondary N) is 1. The van der Waals surface area contributed by atoms with Gasteiger partial charge in [-0.25, -0.2) is 0 Å². The van der Waals surface area contributed by atoms with Crippen LogP contribution in [-0.2, 0) is 15.1 Å². The molecule has 0 bridgehead atoms. The zero-order valence-corrected chi connectivity index (χ0v) is 13.6. The first-order chi connectivity index (χ1) is 9.51. The summed E-state index contributed by atoms with van der Waals surface area (Å²) >= 11 is 3.37. The predicted molar refractivity (Wildman–Crippen MR) is 82.4 cm³/mol. The fourth-order valence-corrected chi connectivity index (χ4v) is 2.10. The topological polar surface area (TPSA) is 58.6 Å². The van der Waals surface area contributed by atoms with E-state index in [-0.39, 0.29) is 12.5 Å². The van der Waals surface area contributed by atoms with Crippen molar-refractivity contribution in [3.63, 3.8) is 0 Å². The van der Waals surface area contributed by atoms with Gasteiger partial charge in [0.15, 0.2) is 0 Å². The Kier molecular flexibility index (Phi) is 7.19. The fraction of sp³-hybridized carbons (Fsp3) is 0.533. The Morgan fingerprint density at radius 3 is 2.55 bits per heavy atom. The van der Waals surface area contributed by atoms with E-state index in [2.05, 4.69) is 21.2 Å². The van der Waals surface area contributed by atoms with E-state index in [0.717, 1.165) is 10.0 Å². The number of carbonyl (C=O) groups excluding carboxylic acids is 1. The lowest BCUT2D eigenvalue weighted by atomic mass is 9.91. The van der Waals surface area contributed by atoms with Crippen molar-refractivity contribution >= 4 is 21.8 Å². The average molecular weight is 344 g/mol. The van der Waals surface area contributed by atoms with Gasteiger partial charge in [0.1, 0.15) is 5.60 Å². The average Bonchev–Trinajstić information content (AvgIpc) is 2.46. The lowest BCUT2D eigenvalue weighted by molar-refractivity contribution is -0.123. The number of benzene rings is 1. The SMILES string of the molecule is CCOCCC(=O)NCC(O)(CC)c1ccc(Br)cc1. The molecule has 1 aromatic rings. The molecule has 0 saturated carbocycles. The maximum absolute atomic E-state index is 11.7. The molecule has 1 atom stereocenters. The second kappa shape index (κ2) is 8.39. The Hall–Kier alpha value is -0.910. The molecular formula is C15H22BrNO3. The van der Waals surface area contributed by atoms with Gasteiger partial charge in [-0.1, -0.05) is 35.0 Å². The molecule has 1 aromatic carbocycles. The summed E-state index contributed by atoms with van der Waals surface area (Å²) in [7, 11) is 0. The molecular weight excluding hydrogens is 322 g/mol. The zero-order chi connectivity index (χ0) is 15.0. The summed E-state index contributed by atoms with van der Waals surface area (Å²) in [6, 6.07) is 7.49. The summed E-state index contributed by atoms with van der Waals surface area (Å²) in [6.07, 6.45) is 0.842. The summed E-state index contributed by atoms with van der Waals surface area (Å²) in [5, 5.41) is 13.4. The first-order valence-electron chi connectivity index (χ1n) is 6.84. The van der Waals surface area contributed by atoms with Crippen LogP contribution in [0.5, 0.6) is 0 Å². The van der Waals surface area contributed by atoms with Crippen molar-refractivity contribution in [3.05, 3.63) is 34.3 Å². The van der Waals surface area contributed by atoms with E-state index in [1.54, 1.807) is 0 Å². The van der Waals surface area contributed by atoms with Crippen LogP contribution in [0.2, 0.25) is 0 Å². The molecule has 0 aromatic heterocycles. The van der Waals surface area contributed by atoms with E-state index in [9.17, 15) is 9.90 Å². The Morgan fingerprint density at radius 1 is 1.35 bits per heavy atom. The van der Waals surface area contributed by atoms with E-state index < -0.39 is 5.60 Å². The predicted octanol–water partition coefficient (Wildman–Crippen LogP) is 2.59. The van der Waals surface area contributed by atoms with Crippen LogP contribution in [0.15, 0.2) is 28.7 Å². The maximum atomic E-state index is 11.7. The number of ether oxygens (including phenoxy) is 1. The minimum absolute atomic E-state index is 0.109. The molecule has 0 aliphatic carbocycles. The van der Waals surface area contributed by atoms with E-state index in [1.807, 2.05) is 38.1 Å². The van der Waals surface area contributed by atoms with Gasteiger partial charge in [-0.2, -0.15) is 0 Å². The largest absolute Gasteiger partial charge is 0.383 e. The van der Waals surface area contributed by atoms with E-state index in [0.29, 0.717) is 26.1 Å². The molecule has 0 heterocycles. The normalized spacial score (nSPS) is 13.8. The van der Waals surface area contributed by atoms with E-state index in [4.69, 9.17) is 4.74 Å². The van der Waals surface area contributed by atoms with E-state index in [1.165, 1.54) is 0 Å². The van der Waals surface area contributed by atoms with Gasteiger partial charge in [-0.15, -0.1) is 0 Å². The van der Waals surface area contributed by atoms with Crippen LogP contribution in [0.4, 0.5) is 0 Å². The van der Waals surface area contributed by atoms with Crippen molar-refractivity contribution in [1.82, 2.24) is 5.32 Å². The molecule has 4 nitrogen and oxygen atoms in total. The number of amides is 1. The molecule has 112 valence electrons. The second-order valence-electron chi connectivity index (χ2n) is 4.62. The van der Waals surface area contributed by atoms with Crippen LogP contribution in [0, 0.1) is 0 Å². The van der Waals surface area contributed by atoms with Gasteiger partial charge in [0, 0.05) is 17.5 Å². The van der Waals surface area contributed by atoms with Gasteiger partial charge in [0.25, 0.3) is 0 Å². The highest BCUT2D eigenvalue weighted by atomic mass is 79.9. The second-order valence-corrected chi connectivity index (χ2v) is 5.53. The molecule has 1 rings (SSSR count). The molecule has 2 N–H and O–H groups in total. The maximum Gasteiger partial charge on any atom is 0.222 e. The van der Waals surface area contributed by atoms with Crippen LogP contribution in [-0.4, -0.2) is 30.8 Å². The molecule has 0 spiro atoms. The molecule has 5 heteroatoms. The third-order valence-corrected chi connectivity index (χ3v) is 3.75. The Labute approximate surface area is 128 Å². The highest BCUT2D eigenvalue weighted by Gasteiger charge is 2.27. The fourth-order valence-electron chi connectivity index (χ4n) is 1.83. The van der Waals surface area contributed by atoms with Crippen LogP contribution >= 0.6 is 15.9 Å². The third-order valence-electron chi connectivity index (χ3n) is 3.22. The standard InChI is InChI=1S/C15H22BrNO3/c1-3-15(19,12-5-7-13(16)8-6-12)11-17-14(18)9-10-20-4-2/h5-8,19H,3-4,9-11H2,1-2H3,(H,17,18). The molecule has 20 heavy (non-hydrogen) atoms. The number of carbonyl (C=O) groups is 1. The van der Waals surface area contributed by atoms with Crippen LogP contribution in [0.3, 0.4) is 0 Å². The van der Waals surface area contributed by atoms with Gasteiger partial charge in [-0.05, 0) is 31.0 Å². The van der Waals surface area contributed by atoms with Crippen LogP contribution in [0.1, 0.15) is 32.3 Å². The zero-order valence-electron chi connectivity index (χ0n) is 12.0. The van der Waals surface area contributed by atoms with Crippen molar-refractivity contribution in [2.45, 2.75) is 32.3 Å². The number of halogens is 1. The monoisotopic (exact) mass is 343 g/mol.